The molecular weight excluding hydrogens is 486 g/mol. The van der Waals surface area contributed by atoms with Gasteiger partial charge < -0.3 is 10.2 Å². The van der Waals surface area contributed by atoms with Gasteiger partial charge in [-0.3, -0.25) is 13.9 Å². The van der Waals surface area contributed by atoms with Crippen LogP contribution in [0.4, 0.5) is 5.69 Å². The van der Waals surface area contributed by atoms with Gasteiger partial charge in [0.25, 0.3) is 0 Å². The fraction of sp³-hybridized carbons (Fsp3) is 0.462. The van der Waals surface area contributed by atoms with Crippen LogP contribution in [0.2, 0.25) is 5.02 Å². The van der Waals surface area contributed by atoms with Crippen molar-refractivity contribution < 1.29 is 18.0 Å². The van der Waals surface area contributed by atoms with Crippen molar-refractivity contribution in [3.05, 3.63) is 64.7 Å². The summed E-state index contributed by atoms with van der Waals surface area (Å²) in [4.78, 5) is 27.6. The molecule has 0 heterocycles. The molecule has 2 aromatic rings. The standard InChI is InChI=1S/C26H36ClN3O4S/c1-6-20(3)28-26(32)21(4)29(18-22-12-14-23(27)15-13-22)25(31)11-8-16-30(35(5,33)34)24-10-7-9-19(2)17-24/h7,9-10,12-15,17,20-21H,6,8,11,16,18H2,1-5H3,(H,28,32)/t20-,21+/m1/s1. The molecule has 0 aliphatic carbocycles. The van der Waals surface area contributed by atoms with Gasteiger partial charge in [0.05, 0.1) is 11.9 Å². The van der Waals surface area contributed by atoms with E-state index >= 15 is 0 Å². The lowest BCUT2D eigenvalue weighted by molar-refractivity contribution is -0.140. The molecular formula is C26H36ClN3O4S. The number of halogens is 1. The van der Waals surface area contributed by atoms with Crippen LogP contribution in [0.3, 0.4) is 0 Å². The van der Waals surface area contributed by atoms with Crippen LogP contribution in [-0.2, 0) is 26.2 Å². The highest BCUT2D eigenvalue weighted by atomic mass is 35.5. The summed E-state index contributed by atoms with van der Waals surface area (Å²) >= 11 is 5.99. The number of rotatable bonds is 12. The van der Waals surface area contributed by atoms with Crippen molar-refractivity contribution in [2.24, 2.45) is 0 Å². The summed E-state index contributed by atoms with van der Waals surface area (Å²) in [5, 5.41) is 3.53. The third-order valence-electron chi connectivity index (χ3n) is 5.88. The number of nitrogens with zero attached hydrogens (tertiary/aromatic N) is 2. The molecule has 0 spiro atoms. The lowest BCUT2D eigenvalue weighted by atomic mass is 10.1. The van der Waals surface area contributed by atoms with Crippen LogP contribution in [-0.4, -0.2) is 50.0 Å². The Morgan fingerprint density at radius 3 is 2.31 bits per heavy atom. The Hall–Kier alpha value is -2.58. The first-order valence-electron chi connectivity index (χ1n) is 11.8. The summed E-state index contributed by atoms with van der Waals surface area (Å²) in [7, 11) is -3.52. The van der Waals surface area contributed by atoms with Gasteiger partial charge in [-0.1, -0.05) is 42.8 Å². The van der Waals surface area contributed by atoms with Gasteiger partial charge in [0.15, 0.2) is 0 Å². The van der Waals surface area contributed by atoms with E-state index in [1.807, 2.05) is 39.0 Å². The quantitative estimate of drug-likeness (QED) is 0.444. The van der Waals surface area contributed by atoms with E-state index in [2.05, 4.69) is 5.32 Å². The Labute approximate surface area is 214 Å². The Morgan fingerprint density at radius 2 is 1.74 bits per heavy atom. The van der Waals surface area contributed by atoms with Gasteiger partial charge in [-0.05, 0) is 69.0 Å². The average molecular weight is 522 g/mol. The van der Waals surface area contributed by atoms with E-state index in [-0.39, 0.29) is 37.4 Å². The van der Waals surface area contributed by atoms with E-state index in [1.165, 1.54) is 4.31 Å². The van der Waals surface area contributed by atoms with Gasteiger partial charge in [0.2, 0.25) is 21.8 Å². The minimum atomic E-state index is -3.52. The van der Waals surface area contributed by atoms with Gasteiger partial charge in [0, 0.05) is 30.6 Å². The van der Waals surface area contributed by atoms with E-state index in [0.717, 1.165) is 23.8 Å². The number of hydrogen-bond donors (Lipinski definition) is 1. The molecule has 35 heavy (non-hydrogen) atoms. The fourth-order valence-electron chi connectivity index (χ4n) is 3.62. The maximum Gasteiger partial charge on any atom is 0.242 e. The van der Waals surface area contributed by atoms with Crippen LogP contribution >= 0.6 is 11.6 Å². The molecule has 2 rings (SSSR count). The zero-order valence-corrected chi connectivity index (χ0v) is 22.7. The molecule has 0 bridgehead atoms. The summed E-state index contributed by atoms with van der Waals surface area (Å²) in [5.74, 6) is -0.441. The highest BCUT2D eigenvalue weighted by Crippen LogP contribution is 2.20. The molecule has 0 fully saturated rings. The number of carbonyl (C=O) groups is 2. The highest BCUT2D eigenvalue weighted by Gasteiger charge is 2.27. The minimum absolute atomic E-state index is 0.00455. The summed E-state index contributed by atoms with van der Waals surface area (Å²) in [6, 6.07) is 13.7. The van der Waals surface area contributed by atoms with Gasteiger partial charge in [-0.15, -0.1) is 0 Å². The molecule has 2 aromatic carbocycles. The first-order valence-corrected chi connectivity index (χ1v) is 14.0. The molecule has 0 aliphatic heterocycles. The van der Waals surface area contributed by atoms with Crippen molar-refractivity contribution in [2.45, 2.75) is 65.6 Å². The van der Waals surface area contributed by atoms with Crippen molar-refractivity contribution in [1.29, 1.82) is 0 Å². The van der Waals surface area contributed by atoms with E-state index in [4.69, 9.17) is 11.6 Å². The molecule has 9 heteroatoms. The lowest BCUT2D eigenvalue weighted by Crippen LogP contribution is -2.49. The Morgan fingerprint density at radius 1 is 1.09 bits per heavy atom. The number of anilines is 1. The monoisotopic (exact) mass is 521 g/mol. The number of amides is 2. The summed E-state index contributed by atoms with van der Waals surface area (Å²) in [6.45, 7) is 7.92. The number of nitrogens with one attached hydrogen (secondary N) is 1. The maximum absolute atomic E-state index is 13.3. The van der Waals surface area contributed by atoms with Crippen LogP contribution in [0.5, 0.6) is 0 Å². The van der Waals surface area contributed by atoms with E-state index in [0.29, 0.717) is 17.1 Å². The van der Waals surface area contributed by atoms with Gasteiger partial charge in [0.1, 0.15) is 6.04 Å². The second-order valence-corrected chi connectivity index (χ2v) is 11.3. The van der Waals surface area contributed by atoms with Crippen LogP contribution in [0.15, 0.2) is 48.5 Å². The number of sulfonamides is 1. The van der Waals surface area contributed by atoms with Gasteiger partial charge in [-0.25, -0.2) is 8.42 Å². The Kier molecular flexibility index (Phi) is 10.6. The van der Waals surface area contributed by atoms with Crippen LogP contribution in [0.25, 0.3) is 0 Å². The predicted molar refractivity (Wildman–Crippen MR) is 142 cm³/mol. The summed E-state index contributed by atoms with van der Waals surface area (Å²) in [5.41, 5.74) is 2.37. The molecule has 2 amide bonds. The molecule has 0 aliphatic rings. The Bertz CT molecular complexity index is 1110. The smallest absolute Gasteiger partial charge is 0.242 e. The topological polar surface area (TPSA) is 86.8 Å². The molecule has 1 N–H and O–H groups in total. The maximum atomic E-state index is 13.3. The van der Waals surface area contributed by atoms with Crippen LogP contribution in [0, 0.1) is 6.92 Å². The van der Waals surface area contributed by atoms with Gasteiger partial charge >= 0.3 is 0 Å². The molecule has 2 atom stereocenters. The predicted octanol–water partition coefficient (Wildman–Crippen LogP) is 4.53. The molecule has 7 nitrogen and oxygen atoms in total. The molecule has 0 saturated carbocycles. The first-order chi connectivity index (χ1) is 16.4. The molecule has 0 saturated heterocycles. The van der Waals surface area contributed by atoms with Crippen LogP contribution in [0.1, 0.15) is 51.2 Å². The van der Waals surface area contributed by atoms with Crippen LogP contribution < -0.4 is 9.62 Å². The normalized spacial score (nSPS) is 13.1. The second-order valence-electron chi connectivity index (χ2n) is 8.92. The van der Waals surface area contributed by atoms with Gasteiger partial charge in [-0.2, -0.15) is 0 Å². The summed E-state index contributed by atoms with van der Waals surface area (Å²) in [6.07, 6.45) is 2.36. The van der Waals surface area contributed by atoms with Crippen molar-refractivity contribution in [2.75, 3.05) is 17.1 Å². The first kappa shape index (κ1) is 28.7. The van der Waals surface area contributed by atoms with E-state index in [9.17, 15) is 18.0 Å². The summed E-state index contributed by atoms with van der Waals surface area (Å²) < 4.78 is 26.1. The third kappa shape index (κ3) is 8.85. The Balaban J connectivity index is 2.16. The second kappa shape index (κ2) is 12.9. The molecule has 0 aromatic heterocycles. The van der Waals surface area contributed by atoms with Crippen molar-refractivity contribution in [1.82, 2.24) is 10.2 Å². The van der Waals surface area contributed by atoms with Crippen molar-refractivity contribution >= 4 is 39.1 Å². The third-order valence-corrected chi connectivity index (χ3v) is 7.32. The van der Waals surface area contributed by atoms with Crippen molar-refractivity contribution in [3.63, 3.8) is 0 Å². The van der Waals surface area contributed by atoms with E-state index < -0.39 is 16.1 Å². The largest absolute Gasteiger partial charge is 0.352 e. The zero-order chi connectivity index (χ0) is 26.2. The fourth-order valence-corrected chi connectivity index (χ4v) is 4.70. The van der Waals surface area contributed by atoms with E-state index in [1.54, 1.807) is 42.2 Å². The molecule has 0 unspecified atom stereocenters. The average Bonchev–Trinajstić information content (AvgIpc) is 2.79. The lowest BCUT2D eigenvalue weighted by Gasteiger charge is -2.30. The highest BCUT2D eigenvalue weighted by molar-refractivity contribution is 7.92. The number of benzene rings is 2. The minimum Gasteiger partial charge on any atom is -0.352 e. The number of aryl methyl sites for hydroxylation is 1. The number of carbonyl (C=O) groups excluding carboxylic acids is 2. The zero-order valence-electron chi connectivity index (χ0n) is 21.1. The number of hydrogen-bond acceptors (Lipinski definition) is 4. The van der Waals surface area contributed by atoms with Crippen molar-refractivity contribution in [3.8, 4) is 0 Å². The molecule has 192 valence electrons. The molecule has 0 radical (unpaired) electrons. The SMILES string of the molecule is CC[C@@H](C)NC(=O)[C@H](C)N(Cc1ccc(Cl)cc1)C(=O)CCCN(c1cccc(C)c1)S(C)(=O)=O.